The van der Waals surface area contributed by atoms with Gasteiger partial charge in [0.15, 0.2) is 0 Å². The summed E-state index contributed by atoms with van der Waals surface area (Å²) in [7, 11) is -2.22. The van der Waals surface area contributed by atoms with Crippen molar-refractivity contribution in [1.82, 2.24) is 15.1 Å². The van der Waals surface area contributed by atoms with Crippen LogP contribution in [-0.4, -0.2) is 49.6 Å². The van der Waals surface area contributed by atoms with Crippen LogP contribution in [0.4, 0.5) is 5.69 Å². The summed E-state index contributed by atoms with van der Waals surface area (Å²) in [5.74, 6) is -0.220. The summed E-state index contributed by atoms with van der Waals surface area (Å²) in [6.45, 7) is 5.29. The number of amides is 1. The zero-order chi connectivity index (χ0) is 22.2. The first kappa shape index (κ1) is 21.5. The van der Waals surface area contributed by atoms with E-state index in [0.717, 1.165) is 41.7 Å². The van der Waals surface area contributed by atoms with Gasteiger partial charge in [-0.25, -0.2) is 8.42 Å². The van der Waals surface area contributed by atoms with Crippen LogP contribution in [-0.2, 0) is 10.0 Å². The van der Waals surface area contributed by atoms with Gasteiger partial charge in [0.1, 0.15) is 4.21 Å². The predicted molar refractivity (Wildman–Crippen MR) is 119 cm³/mol. The molecule has 4 rings (SSSR count). The molecule has 0 unspecified atom stereocenters. The van der Waals surface area contributed by atoms with Crippen molar-refractivity contribution >= 4 is 33.0 Å². The third-order valence-corrected chi connectivity index (χ3v) is 8.74. The fraction of sp³-hybridized carbons (Fsp3) is 0.381. The van der Waals surface area contributed by atoms with Gasteiger partial charge in [-0.1, -0.05) is 6.07 Å². The van der Waals surface area contributed by atoms with Crippen molar-refractivity contribution in [1.29, 1.82) is 0 Å². The Morgan fingerprint density at radius 2 is 1.84 bits per heavy atom. The highest BCUT2D eigenvalue weighted by atomic mass is 32.2. The molecular formula is C21H24N4O4S2. The topological polar surface area (TPSA) is 96.6 Å². The summed E-state index contributed by atoms with van der Waals surface area (Å²) in [5, 5.41) is 9.48. The maximum atomic E-state index is 13.1. The van der Waals surface area contributed by atoms with E-state index in [1.807, 2.05) is 26.0 Å². The number of nitrogens with zero attached hydrogens (tertiary/aromatic N) is 4. The molecule has 1 saturated heterocycles. The van der Waals surface area contributed by atoms with E-state index in [0.29, 0.717) is 24.3 Å². The molecule has 0 atom stereocenters. The number of aryl methyl sites for hydroxylation is 2. The normalized spacial score (nSPS) is 14.6. The zero-order valence-electron chi connectivity index (χ0n) is 17.7. The molecule has 1 aliphatic rings. The molecule has 1 fully saturated rings. The van der Waals surface area contributed by atoms with Crippen molar-refractivity contribution in [2.75, 3.05) is 24.4 Å². The monoisotopic (exact) mass is 460 g/mol. The summed E-state index contributed by atoms with van der Waals surface area (Å²) in [4.78, 5) is 14.2. The van der Waals surface area contributed by atoms with Gasteiger partial charge in [-0.2, -0.15) is 0 Å². The maximum Gasteiger partial charge on any atom is 0.311 e. The lowest BCUT2D eigenvalue weighted by molar-refractivity contribution is 0.0684. The van der Waals surface area contributed by atoms with Crippen LogP contribution >= 0.6 is 11.3 Å². The first-order valence-corrected chi connectivity index (χ1v) is 12.4. The highest BCUT2D eigenvalue weighted by Gasteiger charge is 2.27. The van der Waals surface area contributed by atoms with Crippen LogP contribution in [0, 0.1) is 13.8 Å². The highest BCUT2D eigenvalue weighted by molar-refractivity contribution is 7.94. The number of hydrogen-bond donors (Lipinski definition) is 0. The Hall–Kier alpha value is -2.72. The van der Waals surface area contributed by atoms with Gasteiger partial charge in [0, 0.05) is 25.5 Å². The van der Waals surface area contributed by atoms with E-state index >= 15 is 0 Å². The quantitative estimate of drug-likeness (QED) is 0.573. The van der Waals surface area contributed by atoms with Crippen molar-refractivity contribution < 1.29 is 17.6 Å². The Labute approximate surface area is 185 Å². The number of carbonyl (C=O) groups is 1. The average molecular weight is 461 g/mol. The standard InChI is InChI=1S/C21H24N4O4S2/c1-14-7-8-17(11-15(14)2)24(3)31(27,28)18-12-16(13-30-18)19-22-23-20(29-19)21(26)25-9-5-4-6-10-25/h7-8,11-13H,4-6,9-10H2,1-3H3. The Kier molecular flexibility index (Phi) is 5.85. The molecule has 0 bridgehead atoms. The van der Waals surface area contributed by atoms with Gasteiger partial charge in [0.05, 0.1) is 11.3 Å². The molecule has 2 aromatic heterocycles. The molecule has 0 saturated carbocycles. The summed E-state index contributed by atoms with van der Waals surface area (Å²) in [6, 6.07) is 7.03. The minimum absolute atomic E-state index is 0.0697. The van der Waals surface area contributed by atoms with Gasteiger partial charge in [-0.15, -0.1) is 21.5 Å². The van der Waals surface area contributed by atoms with Crippen molar-refractivity contribution in [2.24, 2.45) is 0 Å². The number of piperidine rings is 1. The van der Waals surface area contributed by atoms with Crippen molar-refractivity contribution in [2.45, 2.75) is 37.3 Å². The third-order valence-electron chi connectivity index (χ3n) is 5.54. The van der Waals surface area contributed by atoms with E-state index in [4.69, 9.17) is 4.42 Å². The molecule has 1 amide bonds. The van der Waals surface area contributed by atoms with Crippen molar-refractivity contribution in [3.63, 3.8) is 0 Å². The molecule has 0 spiro atoms. The van der Waals surface area contributed by atoms with E-state index < -0.39 is 10.0 Å². The number of likely N-dealkylation sites (tertiary alicyclic amines) is 1. The summed E-state index contributed by atoms with van der Waals surface area (Å²) >= 11 is 1.07. The highest BCUT2D eigenvalue weighted by Crippen LogP contribution is 2.32. The smallest absolute Gasteiger partial charge is 0.311 e. The van der Waals surface area contributed by atoms with E-state index in [1.165, 1.54) is 17.4 Å². The molecule has 0 N–H and O–H groups in total. The second-order valence-electron chi connectivity index (χ2n) is 7.66. The van der Waals surface area contributed by atoms with Crippen LogP contribution in [0.15, 0.2) is 38.3 Å². The minimum atomic E-state index is -3.75. The number of carbonyl (C=O) groups excluding carboxylic acids is 1. The predicted octanol–water partition coefficient (Wildman–Crippen LogP) is 3.87. The average Bonchev–Trinajstić information content (AvgIpc) is 3.45. The molecule has 3 heterocycles. The first-order chi connectivity index (χ1) is 14.8. The van der Waals surface area contributed by atoms with Crippen LogP contribution in [0.2, 0.25) is 0 Å². The Bertz CT molecular complexity index is 1210. The molecule has 1 aliphatic heterocycles. The number of sulfonamides is 1. The molecule has 31 heavy (non-hydrogen) atoms. The second-order valence-corrected chi connectivity index (χ2v) is 10.8. The molecule has 0 aliphatic carbocycles. The van der Waals surface area contributed by atoms with Gasteiger partial charge in [0.25, 0.3) is 10.0 Å². The van der Waals surface area contributed by atoms with Crippen LogP contribution in [0.1, 0.15) is 41.1 Å². The van der Waals surface area contributed by atoms with Gasteiger partial charge in [-0.3, -0.25) is 9.10 Å². The Morgan fingerprint density at radius 1 is 1.10 bits per heavy atom. The Balaban J connectivity index is 1.55. The van der Waals surface area contributed by atoms with Gasteiger partial charge < -0.3 is 9.32 Å². The third kappa shape index (κ3) is 4.22. The number of thiophene rings is 1. The SMILES string of the molecule is Cc1ccc(N(C)S(=O)(=O)c2cc(-c3nnc(C(=O)N4CCCCC4)o3)cs2)cc1C. The second kappa shape index (κ2) is 8.43. The molecule has 0 radical (unpaired) electrons. The largest absolute Gasteiger partial charge is 0.412 e. The van der Waals surface area contributed by atoms with E-state index in [9.17, 15) is 13.2 Å². The van der Waals surface area contributed by atoms with Crippen molar-refractivity contribution in [3.05, 3.63) is 46.7 Å². The molecule has 8 nitrogen and oxygen atoms in total. The number of aromatic nitrogens is 2. The van der Waals surface area contributed by atoms with Gasteiger partial charge in [0.2, 0.25) is 5.89 Å². The number of anilines is 1. The zero-order valence-corrected chi connectivity index (χ0v) is 19.3. The number of benzene rings is 1. The maximum absolute atomic E-state index is 13.1. The number of rotatable bonds is 5. The van der Waals surface area contributed by atoms with Gasteiger partial charge >= 0.3 is 11.8 Å². The van der Waals surface area contributed by atoms with E-state index in [-0.39, 0.29) is 21.9 Å². The fourth-order valence-corrected chi connectivity index (χ4v) is 5.93. The first-order valence-electron chi connectivity index (χ1n) is 10.1. The van der Waals surface area contributed by atoms with E-state index in [1.54, 1.807) is 16.3 Å². The van der Waals surface area contributed by atoms with Crippen LogP contribution < -0.4 is 4.31 Å². The molecule has 164 valence electrons. The lowest BCUT2D eigenvalue weighted by Gasteiger charge is -2.24. The molecular weight excluding hydrogens is 436 g/mol. The molecule has 3 aromatic rings. The van der Waals surface area contributed by atoms with Gasteiger partial charge in [-0.05, 0) is 62.4 Å². The molecule has 10 heteroatoms. The lowest BCUT2D eigenvalue weighted by atomic mass is 10.1. The van der Waals surface area contributed by atoms with Crippen molar-refractivity contribution in [3.8, 4) is 11.5 Å². The summed E-state index contributed by atoms with van der Waals surface area (Å²) in [6.07, 6.45) is 3.04. The number of hydrogen-bond acceptors (Lipinski definition) is 7. The summed E-state index contributed by atoms with van der Waals surface area (Å²) in [5.41, 5.74) is 3.18. The summed E-state index contributed by atoms with van der Waals surface area (Å²) < 4.78 is 33.2. The van der Waals surface area contributed by atoms with Crippen LogP contribution in [0.3, 0.4) is 0 Å². The molecule has 1 aromatic carbocycles. The minimum Gasteiger partial charge on any atom is -0.412 e. The lowest BCUT2D eigenvalue weighted by Crippen LogP contribution is -2.35. The van der Waals surface area contributed by atoms with Crippen LogP contribution in [0.5, 0.6) is 0 Å². The fourth-order valence-electron chi connectivity index (χ4n) is 3.42. The van der Waals surface area contributed by atoms with E-state index in [2.05, 4.69) is 10.2 Å². The van der Waals surface area contributed by atoms with Crippen LogP contribution in [0.25, 0.3) is 11.5 Å². The Morgan fingerprint density at radius 3 is 2.55 bits per heavy atom.